The predicted octanol–water partition coefficient (Wildman–Crippen LogP) is 4.09. The molecule has 2 aliphatic heterocycles. The van der Waals surface area contributed by atoms with Gasteiger partial charge in [0.05, 0.1) is 29.5 Å². The molecule has 3 aliphatic rings. The zero-order valence-electron chi connectivity index (χ0n) is 22.8. The number of hydrogen-bond donors (Lipinski definition) is 1. The van der Waals surface area contributed by atoms with Crippen LogP contribution < -0.4 is 15.1 Å². The van der Waals surface area contributed by atoms with E-state index in [4.69, 9.17) is 9.97 Å². The highest BCUT2D eigenvalue weighted by Gasteiger charge is 2.29. The Kier molecular flexibility index (Phi) is 7.03. The summed E-state index contributed by atoms with van der Waals surface area (Å²) in [5.41, 5.74) is 5.31. The van der Waals surface area contributed by atoms with Gasteiger partial charge in [-0.3, -0.25) is 24.9 Å². The van der Waals surface area contributed by atoms with Crippen LogP contribution in [-0.2, 0) is 31.0 Å². The Morgan fingerprint density at radius 3 is 2.62 bits per heavy atom. The maximum atomic E-state index is 12.4. The van der Waals surface area contributed by atoms with E-state index in [1.54, 1.807) is 11.1 Å². The molecule has 10 heteroatoms. The van der Waals surface area contributed by atoms with Gasteiger partial charge in [-0.05, 0) is 43.5 Å². The number of carbonyl (C=O) groups is 2. The van der Waals surface area contributed by atoms with E-state index in [9.17, 15) is 9.59 Å². The van der Waals surface area contributed by atoms with Crippen molar-refractivity contribution in [1.29, 1.82) is 0 Å². The number of pyridine rings is 2. The highest BCUT2D eigenvalue weighted by atomic mass is 16.2. The fourth-order valence-electron chi connectivity index (χ4n) is 6.06. The van der Waals surface area contributed by atoms with Crippen molar-refractivity contribution < 1.29 is 9.59 Å². The molecule has 0 aromatic carbocycles. The summed E-state index contributed by atoms with van der Waals surface area (Å²) in [4.78, 5) is 44.7. The average molecular weight is 529 g/mol. The molecule has 1 saturated carbocycles. The summed E-state index contributed by atoms with van der Waals surface area (Å²) in [6.07, 6.45) is 10.5. The maximum Gasteiger partial charge on any atom is 0.329 e. The molecular weight excluding hydrogens is 492 g/mol. The molecule has 39 heavy (non-hydrogen) atoms. The van der Waals surface area contributed by atoms with Crippen LogP contribution >= 0.6 is 0 Å². The number of urea groups is 1. The molecule has 0 radical (unpaired) electrons. The molecular formula is C29H36N8O2. The van der Waals surface area contributed by atoms with Gasteiger partial charge in [0.25, 0.3) is 0 Å². The van der Waals surface area contributed by atoms with Gasteiger partial charge in [0.2, 0.25) is 5.91 Å². The number of imidazole rings is 1. The number of imide groups is 1. The quantitative estimate of drug-likeness (QED) is 0.493. The van der Waals surface area contributed by atoms with Crippen molar-refractivity contribution in [2.75, 3.05) is 23.4 Å². The van der Waals surface area contributed by atoms with E-state index < -0.39 is 6.03 Å². The molecule has 0 unspecified atom stereocenters. The highest BCUT2D eigenvalue weighted by Crippen LogP contribution is 2.30. The molecule has 3 aromatic heterocycles. The average Bonchev–Trinajstić information content (AvgIpc) is 3.56. The summed E-state index contributed by atoms with van der Waals surface area (Å²) in [6.45, 7) is 5.35. The number of aromatic nitrogens is 4. The lowest BCUT2D eigenvalue weighted by Crippen LogP contribution is -2.50. The molecule has 3 amide bonds. The number of carbonyl (C=O) groups excluding carboxylic acids is 2. The van der Waals surface area contributed by atoms with Crippen LogP contribution in [0.25, 0.3) is 11.5 Å². The second kappa shape index (κ2) is 10.8. The van der Waals surface area contributed by atoms with Gasteiger partial charge in [0.15, 0.2) is 5.82 Å². The van der Waals surface area contributed by atoms with Crippen LogP contribution in [0.1, 0.15) is 62.4 Å². The standard InChI is InChI=1S/C29H36N8O2/c1-3-36-27(37-14-13-26(38)33-29(37)39)16-31-28(36)24-12-9-20-17-35(19-25(20)32-24)18-21-10-11-23(15-30-21)34(2)22-7-5-4-6-8-22/h9-12,15-16,22H,3-8,13-14,17-19H2,1-2H3,(H,33,38,39). The third-order valence-corrected chi connectivity index (χ3v) is 8.27. The Bertz CT molecular complexity index is 1360. The van der Waals surface area contributed by atoms with E-state index in [0.717, 1.165) is 42.5 Å². The first-order chi connectivity index (χ1) is 19.0. The van der Waals surface area contributed by atoms with Crippen molar-refractivity contribution in [1.82, 2.24) is 29.7 Å². The first kappa shape index (κ1) is 25.5. The summed E-state index contributed by atoms with van der Waals surface area (Å²) in [5, 5.41) is 2.39. The van der Waals surface area contributed by atoms with Gasteiger partial charge in [-0.15, -0.1) is 0 Å². The molecule has 2 fully saturated rings. The zero-order chi connectivity index (χ0) is 26.9. The Hall–Kier alpha value is -3.79. The number of anilines is 2. The number of rotatable bonds is 7. The monoisotopic (exact) mass is 528 g/mol. The normalized spacial score (nSPS) is 18.4. The van der Waals surface area contributed by atoms with E-state index in [-0.39, 0.29) is 12.3 Å². The Labute approximate surface area is 229 Å². The summed E-state index contributed by atoms with van der Waals surface area (Å²) in [7, 11) is 2.20. The van der Waals surface area contributed by atoms with E-state index in [1.807, 2.05) is 23.8 Å². The molecule has 0 bridgehead atoms. The van der Waals surface area contributed by atoms with Crippen LogP contribution in [0, 0.1) is 0 Å². The zero-order valence-corrected chi connectivity index (χ0v) is 22.8. The molecule has 0 spiro atoms. The Balaban J connectivity index is 1.13. The third-order valence-electron chi connectivity index (χ3n) is 8.27. The number of fused-ring (bicyclic) bond motifs is 1. The fourth-order valence-corrected chi connectivity index (χ4v) is 6.06. The van der Waals surface area contributed by atoms with Crippen LogP contribution in [0.3, 0.4) is 0 Å². The predicted molar refractivity (Wildman–Crippen MR) is 149 cm³/mol. The van der Waals surface area contributed by atoms with Gasteiger partial charge < -0.3 is 9.47 Å². The van der Waals surface area contributed by atoms with Crippen LogP contribution in [0.4, 0.5) is 16.3 Å². The van der Waals surface area contributed by atoms with Crippen LogP contribution in [-0.4, -0.2) is 56.0 Å². The van der Waals surface area contributed by atoms with Gasteiger partial charge >= 0.3 is 6.03 Å². The minimum atomic E-state index is -0.410. The topological polar surface area (TPSA) is 99.5 Å². The lowest BCUT2D eigenvalue weighted by Gasteiger charge is -2.32. The smallest absolute Gasteiger partial charge is 0.329 e. The first-order valence-electron chi connectivity index (χ1n) is 14.1. The minimum absolute atomic E-state index is 0.248. The van der Waals surface area contributed by atoms with Crippen molar-refractivity contribution in [2.24, 2.45) is 0 Å². The molecule has 1 N–H and O–H groups in total. The van der Waals surface area contributed by atoms with Crippen molar-refractivity contribution in [3.8, 4) is 11.5 Å². The summed E-state index contributed by atoms with van der Waals surface area (Å²) in [6, 6.07) is 8.72. The number of hydrogen-bond acceptors (Lipinski definition) is 7. The van der Waals surface area contributed by atoms with E-state index in [1.165, 1.54) is 43.4 Å². The van der Waals surface area contributed by atoms with E-state index in [0.29, 0.717) is 24.9 Å². The summed E-state index contributed by atoms with van der Waals surface area (Å²) < 4.78 is 1.98. The minimum Gasteiger partial charge on any atom is -0.370 e. The second-order valence-electron chi connectivity index (χ2n) is 10.8. The van der Waals surface area contributed by atoms with Gasteiger partial charge in [-0.1, -0.05) is 25.3 Å². The van der Waals surface area contributed by atoms with E-state index >= 15 is 0 Å². The second-order valence-corrected chi connectivity index (χ2v) is 10.8. The number of nitrogens with zero attached hydrogens (tertiary/aromatic N) is 7. The lowest BCUT2D eigenvalue weighted by atomic mass is 9.94. The van der Waals surface area contributed by atoms with Gasteiger partial charge in [-0.2, -0.15) is 0 Å². The molecule has 3 aromatic rings. The van der Waals surface area contributed by atoms with Crippen molar-refractivity contribution in [2.45, 2.75) is 77.7 Å². The van der Waals surface area contributed by atoms with Crippen molar-refractivity contribution >= 4 is 23.4 Å². The largest absolute Gasteiger partial charge is 0.370 e. The molecule has 1 aliphatic carbocycles. The molecule has 6 rings (SSSR count). The number of nitrogens with one attached hydrogen (secondary N) is 1. The maximum absolute atomic E-state index is 12.4. The molecule has 10 nitrogen and oxygen atoms in total. The Morgan fingerprint density at radius 2 is 1.87 bits per heavy atom. The molecule has 0 atom stereocenters. The van der Waals surface area contributed by atoms with Gasteiger partial charge in [0.1, 0.15) is 11.5 Å². The van der Waals surface area contributed by atoms with Gasteiger partial charge in [-0.25, -0.2) is 14.8 Å². The SMILES string of the molecule is CCn1c(N2CCC(=O)NC2=O)cnc1-c1ccc2c(n1)CN(Cc1ccc(N(C)C3CCCCC3)cn1)C2. The number of amides is 3. The highest BCUT2D eigenvalue weighted by molar-refractivity contribution is 6.05. The van der Waals surface area contributed by atoms with Crippen molar-refractivity contribution in [3.63, 3.8) is 0 Å². The molecule has 204 valence electrons. The molecule has 1 saturated heterocycles. The Morgan fingerprint density at radius 1 is 1.03 bits per heavy atom. The summed E-state index contributed by atoms with van der Waals surface area (Å²) >= 11 is 0. The fraction of sp³-hybridized carbons (Fsp3) is 0.483. The van der Waals surface area contributed by atoms with Gasteiger partial charge in [0, 0.05) is 52.2 Å². The van der Waals surface area contributed by atoms with Crippen LogP contribution in [0.15, 0.2) is 36.7 Å². The first-order valence-corrected chi connectivity index (χ1v) is 14.1. The summed E-state index contributed by atoms with van der Waals surface area (Å²) in [5.74, 6) is 1.14. The lowest BCUT2D eigenvalue weighted by molar-refractivity contribution is -0.120. The van der Waals surface area contributed by atoms with Crippen molar-refractivity contribution in [3.05, 3.63) is 53.6 Å². The van der Waals surface area contributed by atoms with Crippen LogP contribution in [0.5, 0.6) is 0 Å². The van der Waals surface area contributed by atoms with E-state index in [2.05, 4.69) is 45.3 Å². The van der Waals surface area contributed by atoms with Crippen LogP contribution in [0.2, 0.25) is 0 Å². The molecule has 5 heterocycles. The third kappa shape index (κ3) is 5.13.